The predicted molar refractivity (Wildman–Crippen MR) is 85.9 cm³/mol. The molecular formula is C16H16N2O3S. The topological polar surface area (TPSA) is 57.7 Å². The van der Waals surface area contributed by atoms with Gasteiger partial charge in [-0.1, -0.05) is 18.2 Å². The number of benzene rings is 2. The molecule has 0 saturated carbocycles. The lowest BCUT2D eigenvalue weighted by atomic mass is 10.1. The summed E-state index contributed by atoms with van der Waals surface area (Å²) < 4.78 is 26.4. The van der Waals surface area contributed by atoms with Crippen molar-refractivity contribution in [2.75, 3.05) is 23.3 Å². The zero-order valence-corrected chi connectivity index (χ0v) is 13.4. The van der Waals surface area contributed by atoms with E-state index < -0.39 is 15.9 Å². The number of carbonyl (C=O) groups excluding carboxylic acids is 1. The van der Waals surface area contributed by atoms with Crippen LogP contribution in [0.15, 0.2) is 47.4 Å². The van der Waals surface area contributed by atoms with Gasteiger partial charge < -0.3 is 4.90 Å². The van der Waals surface area contributed by atoms with Gasteiger partial charge in [0.15, 0.2) is 0 Å². The summed E-state index contributed by atoms with van der Waals surface area (Å²) in [4.78, 5) is 14.5. The number of sulfonamides is 1. The molecule has 114 valence electrons. The minimum Gasteiger partial charge on any atom is -0.376 e. The minimum absolute atomic E-state index is 0.0613. The van der Waals surface area contributed by atoms with Crippen molar-refractivity contribution in [3.63, 3.8) is 0 Å². The van der Waals surface area contributed by atoms with E-state index in [0.29, 0.717) is 11.4 Å². The van der Waals surface area contributed by atoms with E-state index in [1.165, 1.54) is 6.07 Å². The van der Waals surface area contributed by atoms with Gasteiger partial charge >= 0.3 is 0 Å². The maximum Gasteiger partial charge on any atom is 0.273 e. The van der Waals surface area contributed by atoms with Crippen LogP contribution in [-0.2, 0) is 10.0 Å². The molecule has 0 aromatic heterocycles. The van der Waals surface area contributed by atoms with Crippen LogP contribution in [-0.4, -0.2) is 28.4 Å². The van der Waals surface area contributed by atoms with E-state index >= 15 is 0 Å². The van der Waals surface area contributed by atoms with E-state index in [2.05, 4.69) is 0 Å². The highest BCUT2D eigenvalue weighted by Gasteiger charge is 2.43. The second-order valence-electron chi connectivity index (χ2n) is 5.46. The zero-order valence-electron chi connectivity index (χ0n) is 12.6. The van der Waals surface area contributed by atoms with Crippen molar-refractivity contribution in [3.8, 4) is 0 Å². The van der Waals surface area contributed by atoms with Gasteiger partial charge in [0.25, 0.3) is 15.9 Å². The molecule has 22 heavy (non-hydrogen) atoms. The van der Waals surface area contributed by atoms with Gasteiger partial charge in [0.1, 0.15) is 4.90 Å². The molecule has 2 aromatic carbocycles. The number of nitrogens with zero attached hydrogens (tertiary/aromatic N) is 2. The fourth-order valence-electron chi connectivity index (χ4n) is 2.60. The fraction of sp³-hybridized carbons (Fsp3) is 0.188. The Balaban J connectivity index is 2.28. The van der Waals surface area contributed by atoms with Gasteiger partial charge in [-0.05, 0) is 36.8 Å². The summed E-state index contributed by atoms with van der Waals surface area (Å²) in [6, 6.07) is 11.7. The fourth-order valence-corrected chi connectivity index (χ4v) is 4.20. The molecule has 0 radical (unpaired) electrons. The van der Waals surface area contributed by atoms with Crippen molar-refractivity contribution in [3.05, 3.63) is 53.6 Å². The smallest absolute Gasteiger partial charge is 0.273 e. The SMILES string of the molecule is Cc1ccc(N(C)C)c(N2C(=O)c3ccccc3S2(=O)=O)c1. The van der Waals surface area contributed by atoms with Crippen LogP contribution in [0.5, 0.6) is 0 Å². The number of aryl methyl sites for hydroxylation is 1. The summed E-state index contributed by atoms with van der Waals surface area (Å²) in [6.07, 6.45) is 0. The molecule has 0 bridgehead atoms. The van der Waals surface area contributed by atoms with E-state index in [0.717, 1.165) is 9.87 Å². The van der Waals surface area contributed by atoms with Gasteiger partial charge in [-0.2, -0.15) is 4.31 Å². The van der Waals surface area contributed by atoms with E-state index in [9.17, 15) is 13.2 Å². The lowest BCUT2D eigenvalue weighted by molar-refractivity contribution is 0.101. The Morgan fingerprint density at radius 2 is 1.73 bits per heavy atom. The zero-order chi connectivity index (χ0) is 16.1. The summed E-state index contributed by atoms with van der Waals surface area (Å²) in [5, 5.41) is 0. The van der Waals surface area contributed by atoms with Gasteiger partial charge in [0.05, 0.1) is 16.9 Å². The average molecular weight is 316 g/mol. The summed E-state index contributed by atoms with van der Waals surface area (Å²) in [7, 11) is -0.236. The monoisotopic (exact) mass is 316 g/mol. The Hall–Kier alpha value is -2.34. The third-order valence-corrected chi connectivity index (χ3v) is 5.41. The third-order valence-electron chi connectivity index (χ3n) is 3.65. The molecule has 2 aromatic rings. The van der Waals surface area contributed by atoms with Crippen LogP contribution >= 0.6 is 0 Å². The molecule has 0 unspecified atom stereocenters. The molecule has 0 fully saturated rings. The van der Waals surface area contributed by atoms with Crippen molar-refractivity contribution < 1.29 is 13.2 Å². The summed E-state index contributed by atoms with van der Waals surface area (Å²) >= 11 is 0. The lowest BCUT2D eigenvalue weighted by Gasteiger charge is -2.23. The maximum absolute atomic E-state index is 12.8. The van der Waals surface area contributed by atoms with Crippen molar-refractivity contribution in [1.29, 1.82) is 0 Å². The predicted octanol–water partition coefficient (Wildman–Crippen LogP) is 2.41. The molecule has 3 rings (SSSR count). The Morgan fingerprint density at radius 3 is 2.36 bits per heavy atom. The van der Waals surface area contributed by atoms with Gasteiger partial charge in [-0.25, -0.2) is 8.42 Å². The number of carbonyl (C=O) groups is 1. The highest BCUT2D eigenvalue weighted by molar-refractivity contribution is 7.94. The van der Waals surface area contributed by atoms with Crippen molar-refractivity contribution in [1.82, 2.24) is 0 Å². The first kappa shape index (κ1) is 14.6. The maximum atomic E-state index is 12.8. The lowest BCUT2D eigenvalue weighted by Crippen LogP contribution is -2.31. The minimum atomic E-state index is -3.86. The van der Waals surface area contributed by atoms with Crippen LogP contribution in [0.1, 0.15) is 15.9 Å². The molecule has 1 amide bonds. The standard InChI is InChI=1S/C16H16N2O3S/c1-11-8-9-13(17(2)3)14(10-11)18-16(19)12-6-4-5-7-15(12)22(18,20)21/h4-10H,1-3H3. The number of hydrogen-bond acceptors (Lipinski definition) is 4. The summed E-state index contributed by atoms with van der Waals surface area (Å²) in [6.45, 7) is 1.86. The van der Waals surface area contributed by atoms with Crippen LogP contribution in [0.3, 0.4) is 0 Å². The van der Waals surface area contributed by atoms with E-state index in [1.54, 1.807) is 29.2 Å². The normalized spacial score (nSPS) is 15.8. The first-order valence-corrected chi connectivity index (χ1v) is 8.24. The molecule has 5 nitrogen and oxygen atoms in total. The Kier molecular flexibility index (Phi) is 3.21. The van der Waals surface area contributed by atoms with Gasteiger partial charge in [-0.15, -0.1) is 0 Å². The third kappa shape index (κ3) is 1.99. The van der Waals surface area contributed by atoms with Crippen LogP contribution in [0, 0.1) is 6.92 Å². The quantitative estimate of drug-likeness (QED) is 0.854. The van der Waals surface area contributed by atoms with Crippen molar-refractivity contribution in [2.24, 2.45) is 0 Å². The Labute approximate surface area is 129 Å². The summed E-state index contributed by atoms with van der Waals surface area (Å²) in [5.41, 5.74) is 2.16. The number of hydrogen-bond donors (Lipinski definition) is 0. The van der Waals surface area contributed by atoms with Gasteiger partial charge in [-0.3, -0.25) is 4.79 Å². The Morgan fingerprint density at radius 1 is 1.05 bits per heavy atom. The van der Waals surface area contributed by atoms with Gasteiger partial charge in [0, 0.05) is 14.1 Å². The van der Waals surface area contributed by atoms with Crippen molar-refractivity contribution >= 4 is 27.3 Å². The molecule has 0 spiro atoms. The van der Waals surface area contributed by atoms with Crippen LogP contribution in [0.25, 0.3) is 0 Å². The second kappa shape index (κ2) is 4.84. The first-order valence-electron chi connectivity index (χ1n) is 6.80. The Bertz CT molecular complexity index is 873. The van der Waals surface area contributed by atoms with Crippen LogP contribution < -0.4 is 9.21 Å². The molecule has 0 aliphatic carbocycles. The number of fused-ring (bicyclic) bond motifs is 1. The van der Waals surface area contributed by atoms with Crippen LogP contribution in [0.2, 0.25) is 0 Å². The molecule has 1 aliphatic heterocycles. The van der Waals surface area contributed by atoms with Gasteiger partial charge in [0.2, 0.25) is 0 Å². The number of rotatable bonds is 2. The highest BCUT2D eigenvalue weighted by atomic mass is 32.2. The molecule has 0 N–H and O–H groups in total. The number of anilines is 2. The highest BCUT2D eigenvalue weighted by Crippen LogP contribution is 2.39. The van der Waals surface area contributed by atoms with Crippen molar-refractivity contribution in [2.45, 2.75) is 11.8 Å². The molecule has 1 heterocycles. The molecule has 6 heteroatoms. The largest absolute Gasteiger partial charge is 0.376 e. The second-order valence-corrected chi connectivity index (χ2v) is 7.21. The molecule has 0 saturated heterocycles. The molecular weight excluding hydrogens is 300 g/mol. The van der Waals surface area contributed by atoms with Crippen LogP contribution in [0.4, 0.5) is 11.4 Å². The van der Waals surface area contributed by atoms with E-state index in [4.69, 9.17) is 0 Å². The molecule has 0 atom stereocenters. The van der Waals surface area contributed by atoms with E-state index in [-0.39, 0.29) is 10.5 Å². The summed E-state index contributed by atoms with van der Waals surface area (Å²) in [5.74, 6) is -0.510. The average Bonchev–Trinajstić information content (AvgIpc) is 2.66. The molecule has 1 aliphatic rings. The number of amides is 1. The van der Waals surface area contributed by atoms with E-state index in [1.807, 2.05) is 33.2 Å². The first-order chi connectivity index (χ1) is 10.3.